The second kappa shape index (κ2) is 7.57. The van der Waals surface area contributed by atoms with Gasteiger partial charge in [-0.15, -0.1) is 0 Å². The molecule has 2 nitrogen and oxygen atoms in total. The van der Waals surface area contributed by atoms with Gasteiger partial charge < -0.3 is 5.73 Å². The van der Waals surface area contributed by atoms with Crippen LogP contribution in [0, 0.1) is 0 Å². The lowest BCUT2D eigenvalue weighted by Crippen LogP contribution is -2.09. The summed E-state index contributed by atoms with van der Waals surface area (Å²) in [4.78, 5) is 0. The molecule has 0 aliphatic heterocycles. The third-order valence-corrected chi connectivity index (χ3v) is 3.37. The Morgan fingerprint density at radius 3 is 2.70 bits per heavy atom. The number of thioether (sulfide) groups is 1. The lowest BCUT2D eigenvalue weighted by Gasteiger charge is -1.97. The smallest absolute Gasteiger partial charge is 0.0325 e. The first-order valence-electron chi connectivity index (χ1n) is 3.35. The zero-order valence-corrected chi connectivity index (χ0v) is 7.97. The van der Waals surface area contributed by atoms with Crippen LogP contribution in [-0.2, 0) is 10.8 Å². The summed E-state index contributed by atoms with van der Waals surface area (Å²) >= 11 is 1.74. The Morgan fingerprint density at radius 2 is 2.20 bits per heavy atom. The maximum absolute atomic E-state index is 11.0. The van der Waals surface area contributed by atoms with Gasteiger partial charge in [0.2, 0.25) is 0 Å². The maximum Gasteiger partial charge on any atom is 0.0325 e. The highest BCUT2D eigenvalue weighted by Gasteiger charge is 1.96. The van der Waals surface area contributed by atoms with Gasteiger partial charge in [-0.25, -0.2) is 0 Å². The molecule has 0 amide bonds. The van der Waals surface area contributed by atoms with E-state index in [2.05, 4.69) is 0 Å². The summed E-state index contributed by atoms with van der Waals surface area (Å²) in [5.74, 6) is 2.59. The minimum Gasteiger partial charge on any atom is -0.330 e. The Morgan fingerprint density at radius 1 is 1.50 bits per heavy atom. The molecule has 0 bridgehead atoms. The Kier molecular flexibility index (Phi) is 7.91. The zero-order chi connectivity index (χ0) is 7.82. The van der Waals surface area contributed by atoms with Gasteiger partial charge in [0.1, 0.15) is 0 Å². The first-order chi connectivity index (χ1) is 4.81. The minimum atomic E-state index is -0.621. The van der Waals surface area contributed by atoms with E-state index < -0.39 is 10.8 Å². The average molecular weight is 181 g/mol. The quantitative estimate of drug-likeness (QED) is 0.647. The number of hydrogen-bond donors (Lipinski definition) is 1. The van der Waals surface area contributed by atoms with Crippen LogP contribution in [0.15, 0.2) is 0 Å². The van der Waals surface area contributed by atoms with Crippen LogP contribution < -0.4 is 5.73 Å². The maximum atomic E-state index is 11.0. The normalized spacial score (nSPS) is 13.4. The molecule has 62 valence electrons. The van der Waals surface area contributed by atoms with E-state index in [1.165, 1.54) is 0 Å². The zero-order valence-electron chi connectivity index (χ0n) is 6.34. The predicted octanol–water partition coefficient (Wildman–Crippen LogP) is 0.447. The predicted molar refractivity (Wildman–Crippen MR) is 49.9 cm³/mol. The molecule has 1 atom stereocenters. The third-order valence-electron chi connectivity index (χ3n) is 1.09. The highest BCUT2D eigenvalue weighted by atomic mass is 32.2. The number of hydrogen-bond acceptors (Lipinski definition) is 3. The van der Waals surface area contributed by atoms with Crippen molar-refractivity contribution in [3.8, 4) is 0 Å². The van der Waals surface area contributed by atoms with Gasteiger partial charge in [-0.2, -0.15) is 11.8 Å². The van der Waals surface area contributed by atoms with Gasteiger partial charge in [-0.3, -0.25) is 4.21 Å². The Hall–Kier alpha value is 0.460. The van der Waals surface area contributed by atoms with Crippen molar-refractivity contribution < 1.29 is 4.21 Å². The Labute approximate surface area is 69.4 Å². The van der Waals surface area contributed by atoms with Gasteiger partial charge in [-0.1, -0.05) is 0 Å². The summed E-state index contributed by atoms with van der Waals surface area (Å²) in [5, 5.41) is 0. The van der Waals surface area contributed by atoms with Crippen molar-refractivity contribution in [2.45, 2.75) is 6.42 Å². The molecule has 0 aromatic rings. The highest BCUT2D eigenvalue weighted by molar-refractivity contribution is 7.99. The van der Waals surface area contributed by atoms with Gasteiger partial charge in [0, 0.05) is 28.1 Å². The van der Waals surface area contributed by atoms with E-state index >= 15 is 0 Å². The minimum absolute atomic E-state index is 0.621. The van der Waals surface area contributed by atoms with Crippen LogP contribution in [-0.4, -0.2) is 34.3 Å². The molecule has 0 aliphatic carbocycles. The average Bonchev–Trinajstić information content (AvgIpc) is 1.97. The summed E-state index contributed by atoms with van der Waals surface area (Å²) in [6.07, 6.45) is 2.92. The van der Waals surface area contributed by atoms with Gasteiger partial charge in [0.15, 0.2) is 0 Å². The molecule has 0 radical (unpaired) electrons. The van der Waals surface area contributed by atoms with Crippen molar-refractivity contribution in [1.82, 2.24) is 0 Å². The van der Waals surface area contributed by atoms with Crippen LogP contribution in [0.1, 0.15) is 6.42 Å². The summed E-state index contributed by atoms with van der Waals surface area (Å²) in [6.45, 7) is 0.658. The van der Waals surface area contributed by atoms with Crippen molar-refractivity contribution in [2.24, 2.45) is 5.73 Å². The van der Waals surface area contributed by atoms with Gasteiger partial charge in [-0.05, 0) is 19.2 Å². The van der Waals surface area contributed by atoms with Gasteiger partial charge >= 0.3 is 0 Å². The van der Waals surface area contributed by atoms with Gasteiger partial charge in [0.05, 0.1) is 0 Å². The fourth-order valence-corrected chi connectivity index (χ4v) is 2.63. The molecule has 10 heavy (non-hydrogen) atoms. The Balaban J connectivity index is 3.09. The third kappa shape index (κ3) is 6.58. The molecule has 4 heteroatoms. The van der Waals surface area contributed by atoms with E-state index in [9.17, 15) is 4.21 Å². The fourth-order valence-electron chi connectivity index (χ4n) is 0.523. The molecule has 0 spiro atoms. The van der Waals surface area contributed by atoms with Crippen LogP contribution in [0.2, 0.25) is 0 Å². The monoisotopic (exact) mass is 181 g/mol. The molecular weight excluding hydrogens is 166 g/mol. The fraction of sp³-hybridized carbons (Fsp3) is 1.00. The molecule has 0 saturated heterocycles. The van der Waals surface area contributed by atoms with Crippen molar-refractivity contribution in [1.29, 1.82) is 0 Å². The lowest BCUT2D eigenvalue weighted by molar-refractivity contribution is 0.681. The molecule has 0 fully saturated rings. The lowest BCUT2D eigenvalue weighted by atomic mass is 10.5. The summed E-state index contributed by atoms with van der Waals surface area (Å²) in [6, 6.07) is 0. The molecule has 0 aromatic heterocycles. The molecular formula is C6H15NOS2. The van der Waals surface area contributed by atoms with E-state index in [4.69, 9.17) is 5.73 Å². The molecule has 0 saturated carbocycles. The van der Waals surface area contributed by atoms with Crippen LogP contribution in [0.4, 0.5) is 0 Å². The molecule has 0 rings (SSSR count). The van der Waals surface area contributed by atoms with Crippen molar-refractivity contribution in [3.63, 3.8) is 0 Å². The Bertz CT molecular complexity index is 87.7. The van der Waals surface area contributed by atoms with Crippen LogP contribution >= 0.6 is 11.8 Å². The summed E-state index contributed by atoms with van der Waals surface area (Å²) in [5.41, 5.74) is 5.27. The van der Waals surface area contributed by atoms with Crippen molar-refractivity contribution in [2.75, 3.05) is 30.1 Å². The highest BCUT2D eigenvalue weighted by Crippen LogP contribution is 1.94. The van der Waals surface area contributed by atoms with Crippen molar-refractivity contribution in [3.05, 3.63) is 0 Å². The molecule has 0 aromatic carbocycles. The van der Waals surface area contributed by atoms with Crippen LogP contribution in [0.25, 0.3) is 0 Å². The standard InChI is InChI=1S/C6H15NOS2/c1-9-4-6-10(8)5-2-3-7/h2-7H2,1H3. The van der Waals surface area contributed by atoms with E-state index in [0.717, 1.165) is 23.7 Å². The van der Waals surface area contributed by atoms with E-state index in [-0.39, 0.29) is 0 Å². The summed E-state index contributed by atoms with van der Waals surface area (Å²) < 4.78 is 11.0. The second-order valence-corrected chi connectivity index (χ2v) is 4.66. The molecule has 0 heterocycles. The second-order valence-electron chi connectivity index (χ2n) is 1.98. The topological polar surface area (TPSA) is 43.1 Å². The van der Waals surface area contributed by atoms with E-state index in [0.29, 0.717) is 6.54 Å². The van der Waals surface area contributed by atoms with Gasteiger partial charge in [0.25, 0.3) is 0 Å². The van der Waals surface area contributed by atoms with E-state index in [1.54, 1.807) is 11.8 Å². The van der Waals surface area contributed by atoms with Crippen LogP contribution in [0.5, 0.6) is 0 Å². The first-order valence-corrected chi connectivity index (χ1v) is 6.23. The number of nitrogens with two attached hydrogens (primary N) is 1. The van der Waals surface area contributed by atoms with E-state index in [1.807, 2.05) is 6.26 Å². The first kappa shape index (κ1) is 10.5. The number of rotatable bonds is 6. The molecule has 0 aliphatic rings. The molecule has 1 unspecified atom stereocenters. The molecule has 2 N–H and O–H groups in total. The summed E-state index contributed by atoms with van der Waals surface area (Å²) in [7, 11) is -0.621. The largest absolute Gasteiger partial charge is 0.330 e. The van der Waals surface area contributed by atoms with Crippen molar-refractivity contribution >= 4 is 22.6 Å². The SMILES string of the molecule is CSCCS(=O)CCCN. The van der Waals surface area contributed by atoms with Crippen LogP contribution in [0.3, 0.4) is 0 Å².